The van der Waals surface area contributed by atoms with E-state index in [-0.39, 0.29) is 45.7 Å². The molecule has 3 N–H and O–H groups in total. The first-order valence-electron chi connectivity index (χ1n) is 19.7. The van der Waals surface area contributed by atoms with Gasteiger partial charge in [-0.05, 0) is 13.8 Å². The fourth-order valence-corrected chi connectivity index (χ4v) is 10.3. The summed E-state index contributed by atoms with van der Waals surface area (Å²) in [5.74, 6) is -1.28. The van der Waals surface area contributed by atoms with E-state index in [2.05, 4.69) is 9.97 Å². The van der Waals surface area contributed by atoms with Crippen LogP contribution in [0.5, 0.6) is 0 Å². The molecule has 2 saturated heterocycles. The molecule has 0 radical (unpaired) electrons. The number of rotatable bonds is 23. The minimum absolute atomic E-state index is 0.126. The van der Waals surface area contributed by atoms with Gasteiger partial charge in [-0.2, -0.15) is 0 Å². The van der Waals surface area contributed by atoms with E-state index < -0.39 is 124 Å². The summed E-state index contributed by atoms with van der Waals surface area (Å²) in [6.45, 7) is 8.81. The summed E-state index contributed by atoms with van der Waals surface area (Å²) >= 11 is 1.54. The second-order valence-corrected chi connectivity index (χ2v) is 21.9. The lowest BCUT2D eigenvalue weighted by Gasteiger charge is -2.29. The van der Waals surface area contributed by atoms with Gasteiger partial charge >= 0.3 is 27.0 Å². The number of ketones is 2. The lowest BCUT2D eigenvalue weighted by atomic mass is 9.90. The number of aliphatic hydroxyl groups is 1. The number of hydrogen-bond donors (Lipinski definition) is 3. The maximum Gasteiger partial charge on any atom is 0.475 e. The number of aryl methyl sites for hydroxylation is 2. The van der Waals surface area contributed by atoms with E-state index in [1.165, 1.54) is 67.8 Å². The summed E-state index contributed by atoms with van der Waals surface area (Å²) in [6.07, 6.45) is -5.82. The molecular formula is C37H54N4O19P2S2. The number of carbonyl (C=O) groups is 4. The van der Waals surface area contributed by atoms with E-state index in [0.717, 1.165) is 39.8 Å². The van der Waals surface area contributed by atoms with Crippen molar-refractivity contribution in [3.63, 3.8) is 0 Å². The minimum atomic E-state index is -4.96. The molecule has 2 unspecified atom stereocenters. The zero-order valence-corrected chi connectivity index (χ0v) is 40.1. The number of nitrogens with one attached hydrogen (secondary N) is 2. The molecule has 4 rings (SSSR count). The minimum Gasteiger partial charge on any atom is -0.394 e. The van der Waals surface area contributed by atoms with E-state index in [0.29, 0.717) is 0 Å². The molecule has 23 nitrogen and oxygen atoms in total. The normalized spacial score (nSPS) is 23.4. The largest absolute Gasteiger partial charge is 0.475 e. The highest BCUT2D eigenvalue weighted by molar-refractivity contribution is 8.14. The van der Waals surface area contributed by atoms with Crippen LogP contribution >= 0.6 is 39.2 Å². The van der Waals surface area contributed by atoms with Crippen molar-refractivity contribution in [3.8, 4) is 0 Å². The highest BCUT2D eigenvalue weighted by atomic mass is 32.2. The van der Waals surface area contributed by atoms with Crippen molar-refractivity contribution in [1.82, 2.24) is 19.1 Å². The fourth-order valence-electron chi connectivity index (χ4n) is 5.97. The number of thioether (sulfide) groups is 2. The molecule has 0 amide bonds. The Kier molecular flexibility index (Phi) is 18.5. The fraction of sp³-hybridized carbons (Fsp3) is 0.676. The van der Waals surface area contributed by atoms with Crippen LogP contribution in [0.25, 0.3) is 0 Å². The van der Waals surface area contributed by atoms with Gasteiger partial charge in [0.2, 0.25) is 0 Å². The Morgan fingerprint density at radius 1 is 0.734 bits per heavy atom. The number of aromatic amines is 2. The maximum absolute atomic E-state index is 14.8. The molecule has 0 saturated carbocycles. The van der Waals surface area contributed by atoms with Gasteiger partial charge in [-0.3, -0.25) is 75.0 Å². The molecule has 0 spiro atoms. The van der Waals surface area contributed by atoms with Crippen molar-refractivity contribution in [2.45, 2.75) is 105 Å². The molecule has 2 aromatic rings. The van der Waals surface area contributed by atoms with Crippen LogP contribution in [0.4, 0.5) is 0 Å². The van der Waals surface area contributed by atoms with E-state index >= 15 is 0 Å². The maximum atomic E-state index is 14.8. The number of aliphatic hydroxyl groups excluding tert-OH is 1. The van der Waals surface area contributed by atoms with Crippen molar-refractivity contribution in [2.75, 3.05) is 45.0 Å². The van der Waals surface area contributed by atoms with Crippen LogP contribution in [0.3, 0.4) is 0 Å². The Hall–Kier alpha value is -3.16. The van der Waals surface area contributed by atoms with Gasteiger partial charge in [-0.1, -0.05) is 51.2 Å². The summed E-state index contributed by atoms with van der Waals surface area (Å²) < 4.78 is 77.1. The van der Waals surface area contributed by atoms with Gasteiger partial charge in [0.1, 0.15) is 36.9 Å². The number of Topliss-reactive ketones (excluding diaryl/α,β-unsaturated/α-hetero) is 2. The van der Waals surface area contributed by atoms with Crippen molar-refractivity contribution in [3.05, 3.63) is 65.2 Å². The van der Waals surface area contributed by atoms with Gasteiger partial charge in [-0.25, -0.2) is 18.7 Å². The molecule has 8 atom stereocenters. The summed E-state index contributed by atoms with van der Waals surface area (Å²) in [4.78, 5) is 103. The van der Waals surface area contributed by atoms with Crippen LogP contribution in [0.2, 0.25) is 0 Å². The average Bonchev–Trinajstić information content (AvgIpc) is 3.82. The molecule has 358 valence electrons. The van der Waals surface area contributed by atoms with Crippen molar-refractivity contribution in [2.24, 2.45) is 10.8 Å². The molecule has 0 aromatic carbocycles. The smallest absolute Gasteiger partial charge is 0.394 e. The highest BCUT2D eigenvalue weighted by Crippen LogP contribution is 2.56. The first-order valence-corrected chi connectivity index (χ1v) is 24.6. The van der Waals surface area contributed by atoms with E-state index in [1.54, 1.807) is 0 Å². The Bertz CT molecular complexity index is 2400. The number of aromatic nitrogens is 4. The topological polar surface area (TPSA) is 306 Å². The molecule has 2 fully saturated rings. The Morgan fingerprint density at radius 2 is 1.14 bits per heavy atom. The van der Waals surface area contributed by atoms with Gasteiger partial charge in [-0.15, -0.1) is 0 Å². The molecule has 0 bridgehead atoms. The molecule has 27 heteroatoms. The monoisotopic (exact) mass is 984 g/mol. The lowest BCUT2D eigenvalue weighted by Crippen LogP contribution is -2.34. The van der Waals surface area contributed by atoms with E-state index in [9.17, 15) is 52.6 Å². The summed E-state index contributed by atoms with van der Waals surface area (Å²) in [6, 6.07) is 0. The third kappa shape index (κ3) is 14.2. The molecule has 2 aromatic heterocycles. The lowest BCUT2D eigenvalue weighted by molar-refractivity contribution is -0.127. The summed E-state index contributed by atoms with van der Waals surface area (Å²) in [5.41, 5.74) is -5.40. The number of phosphoric acid groups is 2. The van der Waals surface area contributed by atoms with Crippen LogP contribution in [0.15, 0.2) is 31.6 Å². The molecule has 2 aliphatic rings. The standard InChI is InChI=1S/C37H54N4O19P2S2/c1-20-12-40(34(49)38-32(20)47)30-10-24(26(14-42)57-30)60-62(52,56-19-37(7,8)29(46)17-64-23(4)44)54-15-27-25(11-31(58-27)41-13-21(2)33(48)39-35(41)50)59-61(51,53-9)55-18-36(5,6)28(45)16-63-22(3)43/h12-13,24-27,30-31,42H,10-11,14-19H2,1-9H3,(H,38,47,49)(H,39,48,50)/t24-,25-,26+,27+,30+,31+,61?,62?/m0/s1. The van der Waals surface area contributed by atoms with Gasteiger partial charge in [0.25, 0.3) is 11.1 Å². The second kappa shape index (κ2) is 22.1. The van der Waals surface area contributed by atoms with Crippen LogP contribution in [-0.2, 0) is 64.9 Å². The van der Waals surface area contributed by atoms with Gasteiger partial charge < -0.3 is 14.6 Å². The number of hydrogen-bond acceptors (Lipinski definition) is 21. The third-order valence-corrected chi connectivity index (χ3v) is 14.6. The Morgan fingerprint density at radius 3 is 1.56 bits per heavy atom. The van der Waals surface area contributed by atoms with Crippen molar-refractivity contribution >= 4 is 61.0 Å². The van der Waals surface area contributed by atoms with Gasteiger partial charge in [0.15, 0.2) is 21.8 Å². The molecule has 4 heterocycles. The van der Waals surface area contributed by atoms with Gasteiger partial charge in [0, 0.05) is 68.1 Å². The number of nitrogens with zero attached hydrogens (tertiary/aromatic N) is 2. The van der Waals surface area contributed by atoms with Gasteiger partial charge in [0.05, 0.1) is 37.9 Å². The second-order valence-electron chi connectivity index (χ2n) is 16.3. The Balaban J connectivity index is 1.67. The van der Waals surface area contributed by atoms with E-state index in [4.69, 9.17) is 36.6 Å². The Labute approximate surface area is 375 Å². The zero-order chi connectivity index (χ0) is 47.9. The average molecular weight is 985 g/mol. The molecular weight excluding hydrogens is 930 g/mol. The highest BCUT2D eigenvalue weighted by Gasteiger charge is 2.48. The quantitative estimate of drug-likeness (QED) is 0.135. The van der Waals surface area contributed by atoms with Crippen LogP contribution < -0.4 is 22.5 Å². The first-order chi connectivity index (χ1) is 29.7. The molecule has 64 heavy (non-hydrogen) atoms. The summed E-state index contributed by atoms with van der Waals surface area (Å²) in [7, 11) is -8.56. The number of carbonyl (C=O) groups excluding carboxylic acids is 4. The van der Waals surface area contributed by atoms with Crippen molar-refractivity contribution in [1.29, 1.82) is 0 Å². The van der Waals surface area contributed by atoms with Crippen LogP contribution in [0.1, 0.15) is 78.0 Å². The zero-order valence-electron chi connectivity index (χ0n) is 36.7. The molecule has 2 aliphatic heterocycles. The van der Waals surface area contributed by atoms with Crippen LogP contribution in [0, 0.1) is 24.7 Å². The number of H-pyrrole nitrogens is 2. The van der Waals surface area contributed by atoms with Crippen LogP contribution in [-0.4, -0.2) is 115 Å². The SMILES string of the molecule is COP(=O)(OCC(C)(C)C(=O)CSC(C)=O)O[C@H]1C[C@H](n2cc(C)c(=O)[nH]c2=O)O[C@@H]1COP(=O)(OCC(C)(C)C(=O)CSC(C)=O)O[C@H]1C[C@H](n2cc(C)c(=O)[nH]c2=O)O[C@@H]1CO. The number of phosphoric ester groups is 2. The van der Waals surface area contributed by atoms with Crippen molar-refractivity contribution < 1.29 is 70.0 Å². The predicted octanol–water partition coefficient (Wildman–Crippen LogP) is 2.70. The molecule has 0 aliphatic carbocycles. The first kappa shape index (κ1) is 53.5. The number of ether oxygens (including phenoxy) is 2. The van der Waals surface area contributed by atoms with E-state index in [1.807, 2.05) is 0 Å². The predicted molar refractivity (Wildman–Crippen MR) is 230 cm³/mol. The summed E-state index contributed by atoms with van der Waals surface area (Å²) in [5, 5.41) is 9.67. The third-order valence-electron chi connectivity index (χ3n) is 10.1.